The second-order valence-electron chi connectivity index (χ2n) is 8.94. The van der Waals surface area contributed by atoms with Crippen molar-refractivity contribution in [2.45, 2.75) is 51.6 Å². The van der Waals surface area contributed by atoms with E-state index in [9.17, 15) is 18.0 Å². The van der Waals surface area contributed by atoms with Crippen molar-refractivity contribution < 1.29 is 27.4 Å². The summed E-state index contributed by atoms with van der Waals surface area (Å²) in [5, 5.41) is 12.4. The van der Waals surface area contributed by atoms with Crippen molar-refractivity contribution >= 4 is 6.09 Å². The summed E-state index contributed by atoms with van der Waals surface area (Å²) in [5.41, 5.74) is -1.54. The van der Waals surface area contributed by atoms with Gasteiger partial charge in [-0.15, -0.1) is 5.10 Å². The minimum Gasteiger partial charge on any atom is -0.444 e. The Labute approximate surface area is 198 Å². The summed E-state index contributed by atoms with van der Waals surface area (Å²) >= 11 is 0. The maximum absolute atomic E-state index is 13.3. The zero-order chi connectivity index (χ0) is 25.2. The predicted octanol–water partition coefficient (Wildman–Crippen LogP) is 2.50. The van der Waals surface area contributed by atoms with Crippen molar-refractivity contribution in [3.63, 3.8) is 0 Å². The molecule has 1 amide bonds. The Bertz CT molecular complexity index is 1160. The normalized spacial score (nSPS) is 17.0. The van der Waals surface area contributed by atoms with Crippen molar-refractivity contribution in [1.82, 2.24) is 39.6 Å². The van der Waals surface area contributed by atoms with Crippen molar-refractivity contribution in [2.24, 2.45) is 0 Å². The van der Waals surface area contributed by atoms with E-state index in [1.165, 1.54) is 27.9 Å². The molecule has 0 saturated carbocycles. The molecule has 0 radical (unpaired) electrons. The number of alkyl halides is 3. The third-order valence-electron chi connectivity index (χ3n) is 4.95. The van der Waals surface area contributed by atoms with Gasteiger partial charge in [0.15, 0.2) is 5.82 Å². The molecular weight excluding hydrogens is 469 g/mol. The first-order chi connectivity index (χ1) is 16.5. The molecule has 14 heteroatoms. The Kier molecular flexibility index (Phi) is 6.74. The molecule has 0 spiro atoms. The second kappa shape index (κ2) is 9.60. The van der Waals surface area contributed by atoms with Gasteiger partial charge in [0.2, 0.25) is 0 Å². The molecule has 1 aliphatic heterocycles. The molecular formula is C21H25F3N8O3. The van der Waals surface area contributed by atoms with Crippen LogP contribution in [0.1, 0.15) is 38.1 Å². The highest BCUT2D eigenvalue weighted by atomic mass is 19.4. The summed E-state index contributed by atoms with van der Waals surface area (Å²) < 4.78 is 52.4. The topological polar surface area (TPSA) is 113 Å². The average molecular weight is 494 g/mol. The molecule has 1 atom stereocenters. The van der Waals surface area contributed by atoms with Gasteiger partial charge in [0.25, 0.3) is 0 Å². The number of halogens is 3. The lowest BCUT2D eigenvalue weighted by Gasteiger charge is -2.34. The molecule has 1 saturated heterocycles. The van der Waals surface area contributed by atoms with Gasteiger partial charge in [0.1, 0.15) is 23.7 Å². The minimum atomic E-state index is -4.61. The quantitative estimate of drug-likeness (QED) is 0.532. The van der Waals surface area contributed by atoms with Gasteiger partial charge < -0.3 is 14.4 Å². The number of rotatable bonds is 5. The first-order valence-electron chi connectivity index (χ1n) is 10.9. The third-order valence-corrected chi connectivity index (χ3v) is 4.95. The van der Waals surface area contributed by atoms with E-state index in [4.69, 9.17) is 9.47 Å². The molecule has 0 N–H and O–H groups in total. The number of carbonyl (C=O) groups excluding carboxylic acids is 1. The van der Waals surface area contributed by atoms with Gasteiger partial charge in [0, 0.05) is 19.2 Å². The number of amides is 1. The van der Waals surface area contributed by atoms with Crippen LogP contribution in [0.25, 0.3) is 5.69 Å². The summed E-state index contributed by atoms with van der Waals surface area (Å²) in [6.07, 6.45) is -1.27. The number of carbonyl (C=O) groups is 1. The van der Waals surface area contributed by atoms with Crippen LogP contribution in [-0.4, -0.2) is 77.1 Å². The fraction of sp³-hybridized carbons (Fsp3) is 0.524. The Morgan fingerprint density at radius 1 is 1.20 bits per heavy atom. The molecule has 11 nitrogen and oxygen atoms in total. The fourth-order valence-corrected chi connectivity index (χ4v) is 3.49. The molecule has 0 aromatic carbocycles. The van der Waals surface area contributed by atoms with E-state index in [1.54, 1.807) is 25.7 Å². The van der Waals surface area contributed by atoms with Crippen LogP contribution in [0.2, 0.25) is 0 Å². The van der Waals surface area contributed by atoms with Gasteiger partial charge in [-0.05, 0) is 32.9 Å². The van der Waals surface area contributed by atoms with Gasteiger partial charge in [-0.3, -0.25) is 4.98 Å². The standard InChI is InChI=1S/C21H25F3N8O3/c1-20(2,3)35-19(33)30-8-9-34-15(12-30)11-18-28-17(13-31-26-6-7-27-31)29-32(18)14-4-5-25-16(10-14)21(22,23)24/h4-7,10,15H,8-9,11-13H2,1-3H3. The van der Waals surface area contributed by atoms with E-state index in [2.05, 4.69) is 25.3 Å². The monoisotopic (exact) mass is 494 g/mol. The highest BCUT2D eigenvalue weighted by Gasteiger charge is 2.33. The smallest absolute Gasteiger partial charge is 0.433 e. The number of nitrogens with zero attached hydrogens (tertiary/aromatic N) is 8. The van der Waals surface area contributed by atoms with Crippen LogP contribution in [0.3, 0.4) is 0 Å². The van der Waals surface area contributed by atoms with Gasteiger partial charge >= 0.3 is 12.3 Å². The van der Waals surface area contributed by atoms with Gasteiger partial charge in [-0.2, -0.15) is 28.2 Å². The average Bonchev–Trinajstić information content (AvgIpc) is 3.42. The van der Waals surface area contributed by atoms with Crippen LogP contribution < -0.4 is 0 Å². The molecule has 188 valence electrons. The summed E-state index contributed by atoms with van der Waals surface area (Å²) in [7, 11) is 0. The van der Waals surface area contributed by atoms with Crippen LogP contribution in [0, 0.1) is 0 Å². The molecule has 0 bridgehead atoms. The van der Waals surface area contributed by atoms with Crippen LogP contribution in [-0.2, 0) is 28.6 Å². The molecule has 4 rings (SSSR count). The van der Waals surface area contributed by atoms with Crippen LogP contribution in [0.5, 0.6) is 0 Å². The number of pyridine rings is 1. The van der Waals surface area contributed by atoms with Crippen LogP contribution in [0.4, 0.5) is 18.0 Å². The maximum Gasteiger partial charge on any atom is 0.433 e. The van der Waals surface area contributed by atoms with Crippen LogP contribution in [0.15, 0.2) is 30.7 Å². The van der Waals surface area contributed by atoms with Crippen molar-refractivity contribution in [3.8, 4) is 5.69 Å². The summed E-state index contributed by atoms with van der Waals surface area (Å²) in [5.74, 6) is 0.670. The second-order valence-corrected chi connectivity index (χ2v) is 8.94. The first-order valence-corrected chi connectivity index (χ1v) is 10.9. The predicted molar refractivity (Wildman–Crippen MR) is 115 cm³/mol. The Morgan fingerprint density at radius 3 is 2.63 bits per heavy atom. The molecule has 3 aromatic rings. The highest BCUT2D eigenvalue weighted by Crippen LogP contribution is 2.29. The lowest BCUT2D eigenvalue weighted by Crippen LogP contribution is -2.48. The highest BCUT2D eigenvalue weighted by molar-refractivity contribution is 5.68. The lowest BCUT2D eigenvalue weighted by atomic mass is 10.2. The molecule has 1 unspecified atom stereocenters. The SMILES string of the molecule is CC(C)(C)OC(=O)N1CCOC(Cc2nc(Cn3nccn3)nn2-c2ccnc(C(F)(F)F)c2)C1. The van der Waals surface area contributed by atoms with E-state index < -0.39 is 29.7 Å². The number of hydrogen-bond acceptors (Lipinski definition) is 8. The third kappa shape index (κ3) is 6.32. The zero-order valence-corrected chi connectivity index (χ0v) is 19.4. The van der Waals surface area contributed by atoms with E-state index >= 15 is 0 Å². The lowest BCUT2D eigenvalue weighted by molar-refractivity contribution is -0.141. The Hall–Kier alpha value is -3.55. The largest absolute Gasteiger partial charge is 0.444 e. The molecule has 1 aliphatic rings. The number of ether oxygens (including phenoxy) is 2. The Morgan fingerprint density at radius 2 is 1.94 bits per heavy atom. The first kappa shape index (κ1) is 24.6. The fourth-order valence-electron chi connectivity index (χ4n) is 3.49. The van der Waals surface area contributed by atoms with Gasteiger partial charge in [0.05, 0.1) is 37.3 Å². The number of morpholine rings is 1. The summed E-state index contributed by atoms with van der Waals surface area (Å²) in [4.78, 5) is 23.3. The van der Waals surface area contributed by atoms with E-state index in [0.29, 0.717) is 18.2 Å². The van der Waals surface area contributed by atoms with E-state index in [0.717, 1.165) is 12.3 Å². The van der Waals surface area contributed by atoms with E-state index in [1.807, 2.05) is 0 Å². The van der Waals surface area contributed by atoms with Gasteiger partial charge in [-0.25, -0.2) is 14.5 Å². The summed E-state index contributed by atoms with van der Waals surface area (Å²) in [6, 6.07) is 2.32. The molecule has 35 heavy (non-hydrogen) atoms. The maximum atomic E-state index is 13.3. The van der Waals surface area contributed by atoms with Crippen molar-refractivity contribution in [3.05, 3.63) is 48.1 Å². The summed E-state index contributed by atoms with van der Waals surface area (Å²) in [6.45, 7) is 6.37. The van der Waals surface area contributed by atoms with Crippen molar-refractivity contribution in [2.75, 3.05) is 19.7 Å². The van der Waals surface area contributed by atoms with E-state index in [-0.39, 0.29) is 31.8 Å². The van der Waals surface area contributed by atoms with Crippen LogP contribution >= 0.6 is 0 Å². The molecule has 4 heterocycles. The Balaban J connectivity index is 1.60. The number of aromatic nitrogens is 7. The molecule has 3 aromatic heterocycles. The zero-order valence-electron chi connectivity index (χ0n) is 19.4. The van der Waals surface area contributed by atoms with Crippen molar-refractivity contribution in [1.29, 1.82) is 0 Å². The van der Waals surface area contributed by atoms with Gasteiger partial charge in [-0.1, -0.05) is 0 Å². The minimum absolute atomic E-state index is 0.125. The molecule has 1 fully saturated rings. The number of hydrogen-bond donors (Lipinski definition) is 0. The molecule has 0 aliphatic carbocycles.